The minimum absolute atomic E-state index is 0.138. The van der Waals surface area contributed by atoms with E-state index >= 15 is 0 Å². The first-order chi connectivity index (χ1) is 11.6. The van der Waals surface area contributed by atoms with Gasteiger partial charge < -0.3 is 19.2 Å². The summed E-state index contributed by atoms with van der Waals surface area (Å²) in [4.78, 5) is 15.2. The molecule has 0 aliphatic heterocycles. The summed E-state index contributed by atoms with van der Waals surface area (Å²) in [5.74, 6) is -0.523. The van der Waals surface area contributed by atoms with Gasteiger partial charge in [-0.1, -0.05) is 35.5 Å². The van der Waals surface area contributed by atoms with E-state index in [-0.39, 0.29) is 5.75 Å². The molecule has 3 rings (SSSR count). The number of carboxylic acids is 1. The number of aromatic nitrogens is 2. The number of para-hydroxylation sites is 2. The summed E-state index contributed by atoms with van der Waals surface area (Å²) in [5.41, 5.74) is 1.77. The molecule has 0 aliphatic carbocycles. The monoisotopic (exact) mass is 361 g/mol. The van der Waals surface area contributed by atoms with Gasteiger partial charge in [0.2, 0.25) is 0 Å². The van der Waals surface area contributed by atoms with Crippen molar-refractivity contribution < 1.29 is 14.6 Å². The van der Waals surface area contributed by atoms with E-state index in [1.54, 1.807) is 24.3 Å². The normalized spacial score (nSPS) is 10.9. The number of ether oxygens (including phenoxy) is 1. The van der Waals surface area contributed by atoms with E-state index in [1.165, 1.54) is 0 Å². The molecule has 2 aromatic carbocycles. The molecule has 24 heavy (non-hydrogen) atoms. The number of fused-ring (bicyclic) bond motifs is 1. The number of thioether (sulfide) groups is 1. The Morgan fingerprint density at radius 2 is 1.96 bits per heavy atom. The topological polar surface area (TPSA) is 67.2 Å². The number of carbonyl (C=O) groups excluding carboxylic acids is 1. The summed E-state index contributed by atoms with van der Waals surface area (Å²) < 4.78 is 7.68. The zero-order chi connectivity index (χ0) is 16.9. The Hall–Kier alpha value is -2.18. The van der Waals surface area contributed by atoms with Crippen LogP contribution in [0.1, 0.15) is 0 Å². The predicted octanol–water partition coefficient (Wildman–Crippen LogP) is 2.61. The maximum atomic E-state index is 10.7. The van der Waals surface area contributed by atoms with Crippen LogP contribution in [0, 0.1) is 0 Å². The minimum Gasteiger partial charge on any atom is -0.549 e. The summed E-state index contributed by atoms with van der Waals surface area (Å²) >= 11 is 7.00. The second-order valence-corrected chi connectivity index (χ2v) is 6.38. The van der Waals surface area contributed by atoms with E-state index in [2.05, 4.69) is 4.98 Å². The fourth-order valence-corrected chi connectivity index (χ4v) is 3.17. The van der Waals surface area contributed by atoms with Crippen molar-refractivity contribution in [1.29, 1.82) is 0 Å². The van der Waals surface area contributed by atoms with Gasteiger partial charge in [0.1, 0.15) is 12.4 Å². The third-order valence-electron chi connectivity index (χ3n) is 3.34. The minimum atomic E-state index is -1.11. The largest absolute Gasteiger partial charge is 0.549 e. The van der Waals surface area contributed by atoms with Gasteiger partial charge in [-0.25, -0.2) is 4.98 Å². The van der Waals surface area contributed by atoms with Crippen LogP contribution in [-0.4, -0.2) is 27.9 Å². The third kappa shape index (κ3) is 4.01. The van der Waals surface area contributed by atoms with Crippen LogP contribution in [0.25, 0.3) is 11.0 Å². The standard InChI is InChI=1S/C17H15ClN2O3S/c18-12-5-7-13(8-6-12)23-10-9-20-15-4-2-1-3-14(15)19-17(20)24-11-16(21)22/h1-8H,9-11H2,(H,21,22)/p-1. The molecule has 7 heteroatoms. The van der Waals surface area contributed by atoms with Crippen LogP contribution in [0.5, 0.6) is 5.75 Å². The molecule has 1 heterocycles. The van der Waals surface area contributed by atoms with Crippen molar-refractivity contribution in [3.05, 3.63) is 53.6 Å². The van der Waals surface area contributed by atoms with Crippen molar-refractivity contribution >= 4 is 40.4 Å². The lowest BCUT2D eigenvalue weighted by atomic mass is 10.3. The van der Waals surface area contributed by atoms with Crippen molar-refractivity contribution in [2.45, 2.75) is 11.7 Å². The highest BCUT2D eigenvalue weighted by molar-refractivity contribution is 7.99. The number of imidazole rings is 1. The first-order valence-electron chi connectivity index (χ1n) is 7.30. The maximum absolute atomic E-state index is 10.7. The average molecular weight is 362 g/mol. The van der Waals surface area contributed by atoms with Gasteiger partial charge in [-0.05, 0) is 36.4 Å². The Morgan fingerprint density at radius 3 is 2.71 bits per heavy atom. The summed E-state index contributed by atoms with van der Waals surface area (Å²) in [6, 6.07) is 14.8. The second-order valence-electron chi connectivity index (χ2n) is 5.00. The maximum Gasteiger partial charge on any atom is 0.169 e. The molecule has 0 bridgehead atoms. The highest BCUT2D eigenvalue weighted by atomic mass is 35.5. The number of carbonyl (C=O) groups is 1. The molecule has 0 fully saturated rings. The molecule has 124 valence electrons. The molecular formula is C17H14ClN2O3S-. The number of carboxylic acid groups (broad SMARTS) is 1. The lowest BCUT2D eigenvalue weighted by Crippen LogP contribution is -2.24. The zero-order valence-corrected chi connectivity index (χ0v) is 14.2. The molecule has 0 radical (unpaired) electrons. The number of hydrogen-bond donors (Lipinski definition) is 0. The molecule has 0 unspecified atom stereocenters. The Labute approximate surface area is 148 Å². The van der Waals surface area contributed by atoms with Crippen molar-refractivity contribution in [3.63, 3.8) is 0 Å². The van der Waals surface area contributed by atoms with Gasteiger partial charge in [0, 0.05) is 10.8 Å². The van der Waals surface area contributed by atoms with E-state index in [0.717, 1.165) is 28.5 Å². The van der Waals surface area contributed by atoms with Crippen LogP contribution in [-0.2, 0) is 11.3 Å². The Morgan fingerprint density at radius 1 is 1.21 bits per heavy atom. The van der Waals surface area contributed by atoms with Crippen LogP contribution in [0.3, 0.4) is 0 Å². The molecule has 5 nitrogen and oxygen atoms in total. The second kappa shape index (κ2) is 7.59. The van der Waals surface area contributed by atoms with Gasteiger partial charge in [-0.3, -0.25) is 0 Å². The zero-order valence-electron chi connectivity index (χ0n) is 12.6. The van der Waals surface area contributed by atoms with E-state index in [0.29, 0.717) is 23.3 Å². The van der Waals surface area contributed by atoms with E-state index in [4.69, 9.17) is 16.3 Å². The quantitative estimate of drug-likeness (QED) is 0.605. The molecule has 0 atom stereocenters. The van der Waals surface area contributed by atoms with Crippen molar-refractivity contribution in [3.8, 4) is 5.75 Å². The molecule has 3 aromatic rings. The van der Waals surface area contributed by atoms with Crippen LogP contribution in [0.4, 0.5) is 0 Å². The Balaban J connectivity index is 1.75. The van der Waals surface area contributed by atoms with Crippen LogP contribution in [0.15, 0.2) is 53.7 Å². The fourth-order valence-electron chi connectivity index (χ4n) is 2.29. The Kier molecular flexibility index (Phi) is 5.27. The molecule has 0 saturated heterocycles. The predicted molar refractivity (Wildman–Crippen MR) is 92.4 cm³/mol. The van der Waals surface area contributed by atoms with E-state index in [1.807, 2.05) is 28.8 Å². The van der Waals surface area contributed by atoms with Gasteiger partial charge >= 0.3 is 0 Å². The first kappa shape index (κ1) is 16.7. The highest BCUT2D eigenvalue weighted by Crippen LogP contribution is 2.24. The molecule has 0 N–H and O–H groups in total. The molecule has 0 aliphatic rings. The summed E-state index contributed by atoms with van der Waals surface area (Å²) in [6.07, 6.45) is 0. The third-order valence-corrected chi connectivity index (χ3v) is 4.54. The number of hydrogen-bond acceptors (Lipinski definition) is 5. The van der Waals surface area contributed by atoms with Crippen LogP contribution in [0.2, 0.25) is 5.02 Å². The molecule has 0 saturated carbocycles. The smallest absolute Gasteiger partial charge is 0.169 e. The number of benzene rings is 2. The molecule has 0 spiro atoms. The molecule has 0 amide bonds. The fraction of sp³-hybridized carbons (Fsp3) is 0.176. The highest BCUT2D eigenvalue weighted by Gasteiger charge is 2.11. The van der Waals surface area contributed by atoms with Gasteiger partial charge in [-0.15, -0.1) is 0 Å². The van der Waals surface area contributed by atoms with Crippen molar-refractivity contribution in [2.24, 2.45) is 0 Å². The number of halogens is 1. The average Bonchev–Trinajstić information content (AvgIpc) is 2.93. The number of nitrogens with zero attached hydrogens (tertiary/aromatic N) is 2. The van der Waals surface area contributed by atoms with Gasteiger partial charge in [0.15, 0.2) is 5.16 Å². The van der Waals surface area contributed by atoms with Gasteiger partial charge in [-0.2, -0.15) is 0 Å². The first-order valence-corrected chi connectivity index (χ1v) is 8.66. The van der Waals surface area contributed by atoms with E-state index in [9.17, 15) is 9.90 Å². The van der Waals surface area contributed by atoms with E-state index < -0.39 is 5.97 Å². The van der Waals surface area contributed by atoms with Crippen LogP contribution >= 0.6 is 23.4 Å². The van der Waals surface area contributed by atoms with Crippen molar-refractivity contribution in [2.75, 3.05) is 12.4 Å². The molecule has 1 aromatic heterocycles. The summed E-state index contributed by atoms with van der Waals surface area (Å²) in [7, 11) is 0. The molecular weight excluding hydrogens is 348 g/mol. The summed E-state index contributed by atoms with van der Waals surface area (Å²) in [6.45, 7) is 0.986. The van der Waals surface area contributed by atoms with Crippen LogP contribution < -0.4 is 9.84 Å². The lowest BCUT2D eigenvalue weighted by molar-refractivity contribution is -0.301. The SMILES string of the molecule is O=C([O-])CSc1nc2ccccc2n1CCOc1ccc(Cl)cc1. The lowest BCUT2D eigenvalue weighted by Gasteiger charge is -2.11. The number of aliphatic carboxylic acids is 1. The van der Waals surface area contributed by atoms with Gasteiger partial charge in [0.05, 0.1) is 23.5 Å². The Bertz CT molecular complexity index is 849. The van der Waals surface area contributed by atoms with Gasteiger partial charge in [0.25, 0.3) is 0 Å². The number of rotatable bonds is 7. The summed E-state index contributed by atoms with van der Waals surface area (Å²) in [5, 5.41) is 12.0. The van der Waals surface area contributed by atoms with Crippen molar-refractivity contribution in [1.82, 2.24) is 9.55 Å².